The fraction of sp³-hybridized carbons (Fsp3) is 0.417. The molecule has 5 heteroatoms. The average Bonchev–Trinajstić information content (AvgIpc) is 2.30. The van der Waals surface area contributed by atoms with Crippen molar-refractivity contribution in [2.45, 2.75) is 18.9 Å². The number of nitrogens with one attached hydrogen (secondary N) is 1. The van der Waals surface area contributed by atoms with E-state index in [1.807, 2.05) is 18.2 Å². The molecular formula is C12H16BrN3O. The fourth-order valence-electron chi connectivity index (χ4n) is 2.04. The van der Waals surface area contributed by atoms with Gasteiger partial charge in [-0.15, -0.1) is 0 Å². The van der Waals surface area contributed by atoms with Crippen LogP contribution >= 0.6 is 15.9 Å². The third kappa shape index (κ3) is 2.79. The van der Waals surface area contributed by atoms with Crippen LogP contribution in [-0.4, -0.2) is 30.1 Å². The van der Waals surface area contributed by atoms with Gasteiger partial charge in [-0.1, -0.05) is 0 Å². The highest BCUT2D eigenvalue weighted by atomic mass is 79.9. The zero-order chi connectivity index (χ0) is 12.4. The summed E-state index contributed by atoms with van der Waals surface area (Å²) in [4.78, 5) is 2.24. The summed E-state index contributed by atoms with van der Waals surface area (Å²) in [6, 6.07) is 5.69. The van der Waals surface area contributed by atoms with Gasteiger partial charge < -0.3 is 15.7 Å². The summed E-state index contributed by atoms with van der Waals surface area (Å²) in [5.41, 5.74) is 7.26. The van der Waals surface area contributed by atoms with Crippen molar-refractivity contribution >= 4 is 27.5 Å². The second kappa shape index (κ2) is 5.06. The zero-order valence-electron chi connectivity index (χ0n) is 9.49. The normalized spacial score (nSPS) is 17.2. The van der Waals surface area contributed by atoms with Crippen molar-refractivity contribution < 1.29 is 5.11 Å². The average molecular weight is 298 g/mol. The number of amidine groups is 1. The maximum absolute atomic E-state index is 9.48. The lowest BCUT2D eigenvalue weighted by atomic mass is 10.1. The number of hydrogen-bond donors (Lipinski definition) is 3. The molecule has 0 aliphatic carbocycles. The smallest absolute Gasteiger partial charge is 0.122 e. The molecule has 17 heavy (non-hydrogen) atoms. The van der Waals surface area contributed by atoms with Crippen molar-refractivity contribution in [1.29, 1.82) is 5.41 Å². The van der Waals surface area contributed by atoms with Gasteiger partial charge in [0.2, 0.25) is 0 Å². The molecule has 4 N–H and O–H groups in total. The second-order valence-corrected chi connectivity index (χ2v) is 5.15. The molecule has 92 valence electrons. The topological polar surface area (TPSA) is 73.3 Å². The fourth-order valence-corrected chi connectivity index (χ4v) is 2.67. The summed E-state index contributed by atoms with van der Waals surface area (Å²) in [5.74, 6) is 0.0753. The van der Waals surface area contributed by atoms with Gasteiger partial charge in [-0.3, -0.25) is 5.41 Å². The number of rotatable bonds is 2. The number of nitrogen functional groups attached to an aromatic ring is 1. The van der Waals surface area contributed by atoms with Crippen molar-refractivity contribution in [3.8, 4) is 0 Å². The molecule has 0 amide bonds. The van der Waals surface area contributed by atoms with Gasteiger partial charge in [0.25, 0.3) is 0 Å². The number of nitrogens with zero attached hydrogens (tertiary/aromatic N) is 1. The molecule has 1 aliphatic rings. The molecule has 0 saturated carbocycles. The van der Waals surface area contributed by atoms with Gasteiger partial charge in [-0.2, -0.15) is 0 Å². The van der Waals surface area contributed by atoms with Gasteiger partial charge >= 0.3 is 0 Å². The van der Waals surface area contributed by atoms with E-state index in [0.29, 0.717) is 0 Å². The number of aliphatic hydroxyl groups is 1. The van der Waals surface area contributed by atoms with Crippen LogP contribution < -0.4 is 10.6 Å². The monoisotopic (exact) mass is 297 g/mol. The van der Waals surface area contributed by atoms with E-state index in [0.717, 1.165) is 41.7 Å². The van der Waals surface area contributed by atoms with Gasteiger partial charge in [0.05, 0.1) is 11.8 Å². The minimum absolute atomic E-state index is 0.0753. The number of halogens is 1. The molecule has 1 saturated heterocycles. The Morgan fingerprint density at radius 3 is 2.59 bits per heavy atom. The summed E-state index contributed by atoms with van der Waals surface area (Å²) in [5, 5.41) is 16.9. The van der Waals surface area contributed by atoms with Crippen LogP contribution in [0, 0.1) is 5.41 Å². The van der Waals surface area contributed by atoms with Crippen LogP contribution in [-0.2, 0) is 0 Å². The predicted molar refractivity (Wildman–Crippen MR) is 72.6 cm³/mol. The molecule has 1 heterocycles. The summed E-state index contributed by atoms with van der Waals surface area (Å²) >= 11 is 3.51. The Bertz CT molecular complexity index is 428. The molecule has 0 radical (unpaired) electrons. The van der Waals surface area contributed by atoms with Gasteiger partial charge in [0.1, 0.15) is 5.84 Å². The van der Waals surface area contributed by atoms with Crippen molar-refractivity contribution in [2.75, 3.05) is 18.0 Å². The quantitative estimate of drug-likeness (QED) is 0.574. The molecule has 4 nitrogen and oxygen atoms in total. The first-order valence-electron chi connectivity index (χ1n) is 5.65. The molecule has 0 unspecified atom stereocenters. The highest BCUT2D eigenvalue weighted by Gasteiger charge is 2.19. The van der Waals surface area contributed by atoms with E-state index >= 15 is 0 Å². The molecule has 0 spiro atoms. The minimum atomic E-state index is -0.165. The van der Waals surface area contributed by atoms with E-state index < -0.39 is 0 Å². The lowest BCUT2D eigenvalue weighted by Gasteiger charge is -2.32. The second-order valence-electron chi connectivity index (χ2n) is 4.30. The lowest BCUT2D eigenvalue weighted by molar-refractivity contribution is 0.145. The summed E-state index contributed by atoms with van der Waals surface area (Å²) in [6.45, 7) is 1.72. The predicted octanol–water partition coefficient (Wildman–Crippen LogP) is 1.69. The Labute approximate surface area is 109 Å². The molecule has 1 aliphatic heterocycles. The molecule has 0 aromatic heterocycles. The van der Waals surface area contributed by atoms with Crippen LogP contribution in [0.2, 0.25) is 0 Å². The first-order valence-corrected chi connectivity index (χ1v) is 6.44. The van der Waals surface area contributed by atoms with Gasteiger partial charge in [0.15, 0.2) is 0 Å². The van der Waals surface area contributed by atoms with E-state index in [1.54, 1.807) is 0 Å². The Hall–Kier alpha value is -1.07. The van der Waals surface area contributed by atoms with Crippen molar-refractivity contribution in [3.05, 3.63) is 28.2 Å². The standard InChI is InChI=1S/C12H16BrN3O/c13-10-7-8(12(14)15)1-2-11(10)16-5-3-9(17)4-6-16/h1-2,7,9,17H,3-6H2,(H3,14,15). The first kappa shape index (κ1) is 12.4. The lowest BCUT2D eigenvalue weighted by Crippen LogP contribution is -2.36. The summed E-state index contributed by atoms with van der Waals surface area (Å²) < 4.78 is 0.946. The maximum Gasteiger partial charge on any atom is 0.122 e. The molecule has 0 atom stereocenters. The van der Waals surface area contributed by atoms with E-state index in [2.05, 4.69) is 20.8 Å². The first-order chi connectivity index (χ1) is 8.08. The summed E-state index contributed by atoms with van der Waals surface area (Å²) in [6.07, 6.45) is 1.45. The third-order valence-corrected chi connectivity index (χ3v) is 3.70. The summed E-state index contributed by atoms with van der Waals surface area (Å²) in [7, 11) is 0. The molecule has 1 aromatic carbocycles. The number of anilines is 1. The van der Waals surface area contributed by atoms with Crippen molar-refractivity contribution in [2.24, 2.45) is 5.73 Å². The Kier molecular flexibility index (Phi) is 3.69. The van der Waals surface area contributed by atoms with Gasteiger partial charge in [-0.25, -0.2) is 0 Å². The largest absolute Gasteiger partial charge is 0.393 e. The van der Waals surface area contributed by atoms with Crippen molar-refractivity contribution in [3.63, 3.8) is 0 Å². The molecule has 1 fully saturated rings. The number of hydrogen-bond acceptors (Lipinski definition) is 3. The van der Waals surface area contributed by atoms with Crippen molar-refractivity contribution in [1.82, 2.24) is 0 Å². The van der Waals surface area contributed by atoms with E-state index in [1.165, 1.54) is 0 Å². The SMILES string of the molecule is N=C(N)c1ccc(N2CCC(O)CC2)c(Br)c1. The number of piperidine rings is 1. The zero-order valence-corrected chi connectivity index (χ0v) is 11.1. The van der Waals surface area contributed by atoms with Crippen LogP contribution in [0.5, 0.6) is 0 Å². The van der Waals surface area contributed by atoms with Crippen LogP contribution in [0.4, 0.5) is 5.69 Å². The number of benzene rings is 1. The Morgan fingerprint density at radius 1 is 1.41 bits per heavy atom. The van der Waals surface area contributed by atoms with Crippen LogP contribution in [0.25, 0.3) is 0 Å². The highest BCUT2D eigenvalue weighted by Crippen LogP contribution is 2.29. The van der Waals surface area contributed by atoms with E-state index in [9.17, 15) is 5.11 Å². The Balaban J connectivity index is 2.19. The minimum Gasteiger partial charge on any atom is -0.393 e. The van der Waals surface area contributed by atoms with Crippen LogP contribution in [0.15, 0.2) is 22.7 Å². The van der Waals surface area contributed by atoms with E-state index in [-0.39, 0.29) is 11.9 Å². The number of nitrogens with two attached hydrogens (primary N) is 1. The molecule has 0 bridgehead atoms. The van der Waals surface area contributed by atoms with Crippen LogP contribution in [0.3, 0.4) is 0 Å². The molecule has 2 rings (SSSR count). The van der Waals surface area contributed by atoms with Gasteiger partial charge in [0, 0.05) is 23.1 Å². The number of aliphatic hydroxyl groups excluding tert-OH is 1. The Morgan fingerprint density at radius 2 is 2.06 bits per heavy atom. The molecular weight excluding hydrogens is 282 g/mol. The van der Waals surface area contributed by atoms with Gasteiger partial charge in [-0.05, 0) is 47.0 Å². The highest BCUT2D eigenvalue weighted by molar-refractivity contribution is 9.10. The van der Waals surface area contributed by atoms with Crippen LogP contribution in [0.1, 0.15) is 18.4 Å². The van der Waals surface area contributed by atoms with E-state index in [4.69, 9.17) is 11.1 Å². The third-order valence-electron chi connectivity index (χ3n) is 3.06. The maximum atomic E-state index is 9.48. The molecule has 1 aromatic rings.